The maximum Gasteiger partial charge on any atom is 0.131 e. The summed E-state index contributed by atoms with van der Waals surface area (Å²) < 4.78 is 0. The van der Waals surface area contributed by atoms with Gasteiger partial charge in [0.25, 0.3) is 0 Å². The van der Waals surface area contributed by atoms with Crippen LogP contribution in [-0.4, -0.2) is 5.84 Å². The van der Waals surface area contributed by atoms with Crippen LogP contribution in [0.1, 0.15) is 38.9 Å². The highest BCUT2D eigenvalue weighted by Gasteiger charge is 2.51. The van der Waals surface area contributed by atoms with E-state index in [4.69, 9.17) is 10.7 Å². The Morgan fingerprint density at radius 3 is 1.44 bits per heavy atom. The predicted molar refractivity (Wildman–Crippen MR) is 254 cm³/mol. The zero-order valence-corrected chi connectivity index (χ0v) is 33.7. The highest BCUT2D eigenvalue weighted by molar-refractivity contribution is 6.01. The van der Waals surface area contributed by atoms with Crippen molar-refractivity contribution < 1.29 is 0 Å². The van der Waals surface area contributed by atoms with E-state index in [2.05, 4.69) is 194 Å². The first-order valence-corrected chi connectivity index (χ1v) is 21.0. The van der Waals surface area contributed by atoms with Crippen molar-refractivity contribution in [1.29, 1.82) is 0 Å². The van der Waals surface area contributed by atoms with Crippen molar-refractivity contribution in [2.75, 3.05) is 0 Å². The fourth-order valence-corrected chi connectivity index (χ4v) is 9.72. The molecule has 0 unspecified atom stereocenters. The highest BCUT2D eigenvalue weighted by atomic mass is 14.9. The number of aliphatic imine (C=N–C) groups is 1. The molecule has 2 N–H and O–H groups in total. The topological polar surface area (TPSA) is 38.4 Å². The lowest BCUT2D eigenvalue weighted by molar-refractivity contribution is 0.794. The van der Waals surface area contributed by atoms with Crippen LogP contribution in [0.5, 0.6) is 0 Å². The maximum atomic E-state index is 6.60. The molecule has 2 nitrogen and oxygen atoms in total. The summed E-state index contributed by atoms with van der Waals surface area (Å²) in [7, 11) is 0. The summed E-state index contributed by atoms with van der Waals surface area (Å²) in [5.41, 5.74) is 28.1. The first-order chi connectivity index (χ1) is 30.1. The Hall–Kier alpha value is -7.81. The molecule has 0 heterocycles. The number of hydrogen-bond donors (Lipinski definition) is 1. The van der Waals surface area contributed by atoms with Crippen molar-refractivity contribution >= 4 is 11.5 Å². The molecule has 9 aromatic rings. The Bertz CT molecular complexity index is 3090. The summed E-state index contributed by atoms with van der Waals surface area (Å²) in [5, 5.41) is 0. The van der Waals surface area contributed by atoms with E-state index in [-0.39, 0.29) is 5.41 Å². The lowest BCUT2D eigenvalue weighted by Crippen LogP contribution is -2.25. The van der Waals surface area contributed by atoms with Crippen LogP contribution in [-0.2, 0) is 11.8 Å². The normalized spacial score (nSPS) is 13.4. The van der Waals surface area contributed by atoms with E-state index in [9.17, 15) is 0 Å². The molecule has 0 aliphatic heterocycles. The SMILES string of the molecule is NC(=N/C(=C\Cc1cccc(-c2ccc(-c3ccc4c(c3)-c3ccccc3C43c4ccccc4-c4ccccc43)cc2)c1)c1ccc(-c2ccccc2)cc1)c1ccccc1. The first-order valence-electron chi connectivity index (χ1n) is 21.0. The molecular weight excluding hydrogens is 737 g/mol. The molecule has 0 aromatic heterocycles. The van der Waals surface area contributed by atoms with Gasteiger partial charge in [0.05, 0.1) is 11.1 Å². The zero-order chi connectivity index (χ0) is 40.8. The second kappa shape index (κ2) is 15.1. The van der Waals surface area contributed by atoms with E-state index < -0.39 is 0 Å². The summed E-state index contributed by atoms with van der Waals surface area (Å²) in [4.78, 5) is 4.98. The van der Waals surface area contributed by atoms with Gasteiger partial charge in [-0.05, 0) is 102 Å². The van der Waals surface area contributed by atoms with Crippen molar-refractivity contribution in [2.45, 2.75) is 11.8 Å². The maximum absolute atomic E-state index is 6.60. The molecule has 2 heteroatoms. The van der Waals surface area contributed by atoms with Crippen LogP contribution in [0.3, 0.4) is 0 Å². The van der Waals surface area contributed by atoms with E-state index in [1.165, 1.54) is 83.5 Å². The summed E-state index contributed by atoms with van der Waals surface area (Å²) in [6.07, 6.45) is 2.90. The quantitative estimate of drug-likeness (QED) is 0.121. The molecule has 2 aliphatic rings. The van der Waals surface area contributed by atoms with Crippen molar-refractivity contribution in [3.05, 3.63) is 269 Å². The van der Waals surface area contributed by atoms with E-state index in [1.54, 1.807) is 0 Å². The van der Waals surface area contributed by atoms with Crippen LogP contribution in [0, 0.1) is 0 Å². The molecule has 0 atom stereocenters. The molecule has 2 aliphatic carbocycles. The number of nitrogens with two attached hydrogens (primary N) is 1. The van der Waals surface area contributed by atoms with E-state index in [1.807, 2.05) is 36.4 Å². The summed E-state index contributed by atoms with van der Waals surface area (Å²) in [6, 6.07) is 80.9. The standard InChI is InChI=1S/C59H42N2/c60-58(46-17-5-2-6-18-46)61-57(45-33-31-42(32-34-45)41-15-3-1-4-16-41)37-26-40-14-13-19-47(38-40)43-27-29-44(30-28-43)48-35-36-56-52(39-48)51-22-9-12-25-55(51)59(56)53-23-10-7-20-49(53)50-21-8-11-24-54(50)59/h1-25,27-39H,26H2,(H2,60,61)/b57-37-. The van der Waals surface area contributed by atoms with Crippen LogP contribution >= 0.6 is 0 Å². The van der Waals surface area contributed by atoms with Crippen LogP contribution in [0.4, 0.5) is 0 Å². The third-order valence-electron chi connectivity index (χ3n) is 12.6. The van der Waals surface area contributed by atoms with Gasteiger partial charge in [-0.25, -0.2) is 4.99 Å². The Kier molecular flexibility index (Phi) is 8.98. The first kappa shape index (κ1) is 36.3. The molecule has 9 aromatic carbocycles. The van der Waals surface area contributed by atoms with Crippen molar-refractivity contribution in [3.63, 3.8) is 0 Å². The molecule has 0 radical (unpaired) electrons. The van der Waals surface area contributed by atoms with Crippen molar-refractivity contribution in [1.82, 2.24) is 0 Å². The molecule has 1 spiro atoms. The van der Waals surface area contributed by atoms with Crippen LogP contribution in [0.15, 0.2) is 236 Å². The van der Waals surface area contributed by atoms with Gasteiger partial charge in [0.2, 0.25) is 0 Å². The molecule has 0 amide bonds. The number of benzene rings is 9. The minimum atomic E-state index is -0.323. The number of rotatable bonds is 8. The molecule has 11 rings (SSSR count). The Labute approximate surface area is 357 Å². The van der Waals surface area contributed by atoms with Gasteiger partial charge < -0.3 is 5.73 Å². The Morgan fingerprint density at radius 1 is 0.377 bits per heavy atom. The van der Waals surface area contributed by atoms with Crippen LogP contribution in [0.25, 0.3) is 61.3 Å². The van der Waals surface area contributed by atoms with E-state index in [0.717, 1.165) is 16.8 Å². The molecule has 0 saturated heterocycles. The summed E-state index contributed by atoms with van der Waals surface area (Å²) >= 11 is 0. The van der Waals surface area contributed by atoms with Crippen LogP contribution in [0.2, 0.25) is 0 Å². The molecule has 288 valence electrons. The van der Waals surface area contributed by atoms with Gasteiger partial charge in [0.1, 0.15) is 5.84 Å². The third kappa shape index (κ3) is 6.24. The smallest absolute Gasteiger partial charge is 0.131 e. The number of amidine groups is 1. The number of hydrogen-bond acceptors (Lipinski definition) is 1. The fourth-order valence-electron chi connectivity index (χ4n) is 9.72. The predicted octanol–water partition coefficient (Wildman–Crippen LogP) is 14.0. The Morgan fingerprint density at radius 2 is 0.820 bits per heavy atom. The second-order valence-corrected chi connectivity index (χ2v) is 16.0. The molecule has 61 heavy (non-hydrogen) atoms. The highest BCUT2D eigenvalue weighted by Crippen LogP contribution is 2.62. The summed E-state index contributed by atoms with van der Waals surface area (Å²) in [5.74, 6) is 0.495. The Balaban J connectivity index is 0.895. The molecular formula is C59H42N2. The van der Waals surface area contributed by atoms with Crippen molar-refractivity contribution in [3.8, 4) is 55.6 Å². The lowest BCUT2D eigenvalue weighted by atomic mass is 9.70. The average molecular weight is 779 g/mol. The zero-order valence-electron chi connectivity index (χ0n) is 33.7. The average Bonchev–Trinajstić information content (AvgIpc) is 3.81. The second-order valence-electron chi connectivity index (χ2n) is 16.0. The number of fused-ring (bicyclic) bond motifs is 10. The van der Waals surface area contributed by atoms with E-state index in [0.29, 0.717) is 12.3 Å². The lowest BCUT2D eigenvalue weighted by Gasteiger charge is -2.30. The molecule has 0 saturated carbocycles. The fraction of sp³-hybridized carbons (Fsp3) is 0.0339. The minimum absolute atomic E-state index is 0.323. The van der Waals surface area contributed by atoms with Gasteiger partial charge in [-0.3, -0.25) is 0 Å². The molecule has 0 bridgehead atoms. The minimum Gasteiger partial charge on any atom is -0.383 e. The molecule has 0 fully saturated rings. The van der Waals surface area contributed by atoms with Gasteiger partial charge in [-0.2, -0.15) is 0 Å². The monoisotopic (exact) mass is 778 g/mol. The van der Waals surface area contributed by atoms with Gasteiger partial charge in [-0.15, -0.1) is 0 Å². The third-order valence-corrected chi connectivity index (χ3v) is 12.6. The van der Waals surface area contributed by atoms with Gasteiger partial charge in [-0.1, -0.05) is 224 Å². The van der Waals surface area contributed by atoms with E-state index >= 15 is 0 Å². The van der Waals surface area contributed by atoms with Gasteiger partial charge in [0.15, 0.2) is 0 Å². The van der Waals surface area contributed by atoms with Gasteiger partial charge in [0, 0.05) is 5.56 Å². The summed E-state index contributed by atoms with van der Waals surface area (Å²) in [6.45, 7) is 0. The number of nitrogens with zero attached hydrogens (tertiary/aromatic N) is 1. The van der Waals surface area contributed by atoms with Gasteiger partial charge >= 0.3 is 0 Å². The van der Waals surface area contributed by atoms with Crippen molar-refractivity contribution in [2.24, 2.45) is 10.7 Å². The largest absolute Gasteiger partial charge is 0.383 e. The number of allylic oxidation sites excluding steroid dienone is 1. The van der Waals surface area contributed by atoms with Crippen LogP contribution < -0.4 is 5.73 Å².